The Morgan fingerprint density at radius 1 is 0.850 bits per heavy atom. The Morgan fingerprint density at radius 2 is 1.52 bits per heavy atom. The number of piperazine rings is 1. The molecule has 0 amide bonds. The number of nitrogens with two attached hydrogens (primary N) is 1. The number of nitrogens with zero attached hydrogens (tertiary/aromatic N) is 6. The van der Waals surface area contributed by atoms with Crippen molar-refractivity contribution in [2.75, 3.05) is 44.6 Å². The van der Waals surface area contributed by atoms with Crippen LogP contribution in [0.4, 0.5) is 5.82 Å². The number of aromatic nitrogens is 4. The number of anilines is 1. The summed E-state index contributed by atoms with van der Waals surface area (Å²) in [6.45, 7) is 4.81. The summed E-state index contributed by atoms with van der Waals surface area (Å²) in [6, 6.07) is 18.5. The lowest BCUT2D eigenvalue weighted by Crippen LogP contribution is -2.51. The zero-order chi connectivity index (χ0) is 27.5. The summed E-state index contributed by atoms with van der Waals surface area (Å²) in [6.07, 6.45) is 6.30. The first kappa shape index (κ1) is 27.1. The van der Waals surface area contributed by atoms with Crippen molar-refractivity contribution in [3.63, 3.8) is 0 Å². The third kappa shape index (κ3) is 5.96. The van der Waals surface area contributed by atoms with E-state index in [1.165, 1.54) is 6.33 Å². The van der Waals surface area contributed by atoms with Crippen LogP contribution in [0, 0.1) is 0 Å². The Hall–Kier alpha value is -3.14. The molecule has 40 heavy (non-hydrogen) atoms. The van der Waals surface area contributed by atoms with Crippen molar-refractivity contribution in [3.8, 4) is 22.8 Å². The number of hydrogen-bond acceptors (Lipinski definition) is 9. The highest BCUT2D eigenvalue weighted by molar-refractivity contribution is 7.45. The Balaban J connectivity index is 1.14. The largest absolute Gasteiger partial charge is 0.457 e. The van der Waals surface area contributed by atoms with Gasteiger partial charge >= 0.3 is 0 Å². The van der Waals surface area contributed by atoms with E-state index in [1.807, 2.05) is 54.6 Å². The number of para-hydroxylation sites is 1. The van der Waals surface area contributed by atoms with Crippen molar-refractivity contribution in [1.82, 2.24) is 29.5 Å². The van der Waals surface area contributed by atoms with Gasteiger partial charge < -0.3 is 25.2 Å². The summed E-state index contributed by atoms with van der Waals surface area (Å²) < 4.78 is 8.04. The molecule has 2 aliphatic rings. The normalized spacial score (nSPS) is 20.8. The first-order valence-electron chi connectivity index (χ1n) is 14.0. The highest BCUT2D eigenvalue weighted by Gasteiger charge is 2.31. The Bertz CT molecular complexity index is 1400. The van der Waals surface area contributed by atoms with Gasteiger partial charge in [-0.15, -0.1) is 0 Å². The van der Waals surface area contributed by atoms with Gasteiger partial charge in [-0.1, -0.05) is 18.2 Å². The summed E-state index contributed by atoms with van der Waals surface area (Å²) in [7, 11) is -1.80. The molecular weight excluding hydrogens is 525 g/mol. The molecule has 2 aromatic carbocycles. The Labute approximate surface area is 235 Å². The maximum atomic E-state index is 9.22. The van der Waals surface area contributed by atoms with Crippen LogP contribution in [0.1, 0.15) is 31.7 Å². The number of benzene rings is 2. The summed E-state index contributed by atoms with van der Waals surface area (Å²) in [5.41, 5.74) is 8.91. The Kier molecular flexibility index (Phi) is 8.22. The predicted molar refractivity (Wildman–Crippen MR) is 157 cm³/mol. The van der Waals surface area contributed by atoms with Crippen LogP contribution in [0.5, 0.6) is 11.5 Å². The third-order valence-corrected chi connectivity index (χ3v) is 8.78. The molecule has 0 spiro atoms. The molecule has 0 radical (unpaired) electrons. The molecule has 210 valence electrons. The molecule has 2 aromatic heterocycles. The minimum absolute atomic E-state index is 0.261. The number of nitrogen functional groups attached to an aromatic ring is 1. The average molecular weight is 562 g/mol. The molecule has 0 bridgehead atoms. The van der Waals surface area contributed by atoms with Crippen LogP contribution >= 0.6 is 8.38 Å². The van der Waals surface area contributed by atoms with E-state index in [1.54, 1.807) is 0 Å². The quantitative estimate of drug-likeness (QED) is 0.271. The predicted octanol–water partition coefficient (Wildman–Crippen LogP) is 4.27. The lowest BCUT2D eigenvalue weighted by Gasteiger charge is -2.42. The van der Waals surface area contributed by atoms with Gasteiger partial charge in [-0.2, -0.15) is 5.10 Å². The van der Waals surface area contributed by atoms with E-state index in [4.69, 9.17) is 15.6 Å². The molecule has 6 rings (SSSR count). The number of fused-ring (bicyclic) bond motifs is 1. The summed E-state index contributed by atoms with van der Waals surface area (Å²) >= 11 is 0. The molecular formula is C29H36N7O3P. The van der Waals surface area contributed by atoms with E-state index in [-0.39, 0.29) is 6.04 Å². The fraction of sp³-hybridized carbons (Fsp3) is 0.414. The molecule has 4 N–H and O–H groups in total. The lowest BCUT2D eigenvalue weighted by atomic mass is 9.90. The van der Waals surface area contributed by atoms with E-state index in [9.17, 15) is 9.79 Å². The van der Waals surface area contributed by atoms with E-state index in [0.717, 1.165) is 92.2 Å². The van der Waals surface area contributed by atoms with Crippen LogP contribution in [-0.2, 0) is 0 Å². The second kappa shape index (κ2) is 12.2. The highest BCUT2D eigenvalue weighted by atomic mass is 31.2. The number of hydrogen-bond donors (Lipinski definition) is 3. The molecule has 1 aliphatic heterocycles. The zero-order valence-electron chi connectivity index (χ0n) is 22.5. The molecule has 3 heterocycles. The van der Waals surface area contributed by atoms with Crippen LogP contribution < -0.4 is 10.5 Å². The highest BCUT2D eigenvalue weighted by Crippen LogP contribution is 2.37. The van der Waals surface area contributed by atoms with Crippen molar-refractivity contribution in [2.45, 2.75) is 37.8 Å². The van der Waals surface area contributed by atoms with E-state index in [0.29, 0.717) is 18.0 Å². The van der Waals surface area contributed by atoms with Gasteiger partial charge in [0.2, 0.25) is 0 Å². The molecule has 2 fully saturated rings. The van der Waals surface area contributed by atoms with Crippen LogP contribution in [0.15, 0.2) is 60.9 Å². The van der Waals surface area contributed by atoms with Gasteiger partial charge in [-0.25, -0.2) is 14.6 Å². The standard InChI is InChI=1S/C29H36N7O3P/c30-28-26-27(21-6-12-25(13-7-21)39-24-4-2-1-3-5-24)33-36(29(26)32-20-31-28)23-10-8-22(9-11-23)35-16-14-34(15-17-35)18-19-40(37)38/h1-7,12-13,20,22-23,37-38H,8-11,14-19H2,(H2,30,31,32)/t22-,23-. The van der Waals surface area contributed by atoms with E-state index in [2.05, 4.69) is 24.4 Å². The summed E-state index contributed by atoms with van der Waals surface area (Å²) in [4.78, 5) is 32.3. The van der Waals surface area contributed by atoms with Gasteiger partial charge in [0, 0.05) is 50.5 Å². The molecule has 1 saturated heterocycles. The minimum Gasteiger partial charge on any atom is -0.457 e. The molecule has 0 unspecified atom stereocenters. The molecule has 0 atom stereocenters. The number of ether oxygens (including phenoxy) is 1. The van der Waals surface area contributed by atoms with Gasteiger partial charge in [0.1, 0.15) is 29.3 Å². The zero-order valence-corrected chi connectivity index (χ0v) is 23.4. The second-order valence-corrected chi connectivity index (χ2v) is 11.8. The van der Waals surface area contributed by atoms with E-state index >= 15 is 0 Å². The van der Waals surface area contributed by atoms with Crippen molar-refractivity contribution in [1.29, 1.82) is 0 Å². The Morgan fingerprint density at radius 3 is 2.23 bits per heavy atom. The van der Waals surface area contributed by atoms with Crippen LogP contribution in [-0.4, -0.2) is 84.3 Å². The molecule has 1 saturated carbocycles. The summed E-state index contributed by atoms with van der Waals surface area (Å²) in [5.74, 6) is 1.99. The maximum Gasteiger partial charge on any atom is 0.166 e. The van der Waals surface area contributed by atoms with Gasteiger partial charge in [0.15, 0.2) is 14.0 Å². The smallest absolute Gasteiger partial charge is 0.166 e. The number of rotatable bonds is 8. The van der Waals surface area contributed by atoms with Crippen LogP contribution in [0.3, 0.4) is 0 Å². The fourth-order valence-electron chi connectivity index (χ4n) is 6.01. The summed E-state index contributed by atoms with van der Waals surface area (Å²) in [5, 5.41) is 5.87. The van der Waals surface area contributed by atoms with Gasteiger partial charge in [0.25, 0.3) is 0 Å². The van der Waals surface area contributed by atoms with Gasteiger partial charge in [0.05, 0.1) is 11.4 Å². The monoisotopic (exact) mass is 561 g/mol. The fourth-order valence-corrected chi connectivity index (χ4v) is 6.47. The van der Waals surface area contributed by atoms with E-state index < -0.39 is 8.38 Å². The molecule has 11 heteroatoms. The van der Waals surface area contributed by atoms with Crippen molar-refractivity contribution in [2.24, 2.45) is 0 Å². The molecule has 4 aromatic rings. The average Bonchev–Trinajstić information content (AvgIpc) is 3.38. The van der Waals surface area contributed by atoms with Gasteiger partial charge in [-0.3, -0.25) is 4.90 Å². The maximum absolute atomic E-state index is 9.22. The van der Waals surface area contributed by atoms with Crippen molar-refractivity contribution < 1.29 is 14.5 Å². The van der Waals surface area contributed by atoms with Crippen LogP contribution in [0.2, 0.25) is 0 Å². The first-order chi connectivity index (χ1) is 19.5. The first-order valence-corrected chi connectivity index (χ1v) is 15.4. The SMILES string of the molecule is Nc1ncnc2c1c(-c1ccc(Oc3ccccc3)cc1)nn2[C@H]1CC[C@H](N2CCN(CCP(O)O)CC2)CC1. The van der Waals surface area contributed by atoms with Crippen molar-refractivity contribution >= 4 is 25.2 Å². The van der Waals surface area contributed by atoms with Crippen molar-refractivity contribution in [3.05, 3.63) is 60.9 Å². The molecule has 10 nitrogen and oxygen atoms in total. The second-order valence-electron chi connectivity index (χ2n) is 10.6. The van der Waals surface area contributed by atoms with Crippen LogP contribution in [0.25, 0.3) is 22.3 Å². The van der Waals surface area contributed by atoms with Gasteiger partial charge in [-0.05, 0) is 62.1 Å². The minimum atomic E-state index is -1.80. The topological polar surface area (TPSA) is 126 Å². The third-order valence-electron chi connectivity index (χ3n) is 8.18. The lowest BCUT2D eigenvalue weighted by molar-refractivity contribution is 0.0732. The molecule has 1 aliphatic carbocycles.